The molecule has 0 amide bonds. The number of nitriles is 1. The summed E-state index contributed by atoms with van der Waals surface area (Å²) in [6, 6.07) is 2.30. The molecular weight excluding hydrogens is 150 g/mol. The Morgan fingerprint density at radius 3 is 3.25 bits per heavy atom. The van der Waals surface area contributed by atoms with Crippen LogP contribution in [0.5, 0.6) is 0 Å². The van der Waals surface area contributed by atoms with E-state index in [1.165, 1.54) is 11.3 Å². The molecule has 0 radical (unpaired) electrons. The topological polar surface area (TPSA) is 52.5 Å². The van der Waals surface area contributed by atoms with Crippen LogP contribution in [0.25, 0.3) is 0 Å². The summed E-state index contributed by atoms with van der Waals surface area (Å²) >= 11 is 0. The van der Waals surface area contributed by atoms with E-state index in [9.17, 15) is 0 Å². The minimum absolute atomic E-state index is 0.181. The highest BCUT2D eigenvalue weighted by Crippen LogP contribution is 2.25. The Morgan fingerprint density at radius 2 is 2.50 bits per heavy atom. The van der Waals surface area contributed by atoms with E-state index in [1.54, 1.807) is 0 Å². The number of aromatic nitrogens is 2. The summed E-state index contributed by atoms with van der Waals surface area (Å²) in [5.74, 6) is 0.181. The zero-order valence-electron chi connectivity index (χ0n) is 7.09. The zero-order chi connectivity index (χ0) is 8.55. The summed E-state index contributed by atoms with van der Waals surface area (Å²) in [6.07, 6.45) is 2.83. The van der Waals surface area contributed by atoms with Crippen LogP contribution in [-0.4, -0.2) is 10.2 Å². The van der Waals surface area contributed by atoms with Crippen LogP contribution in [0.4, 0.5) is 0 Å². The van der Waals surface area contributed by atoms with Gasteiger partial charge in [-0.05, 0) is 25.3 Å². The van der Waals surface area contributed by atoms with Crippen molar-refractivity contribution in [3.05, 3.63) is 17.0 Å². The van der Waals surface area contributed by atoms with Gasteiger partial charge >= 0.3 is 0 Å². The molecular formula is C9H11N3. The van der Waals surface area contributed by atoms with Crippen molar-refractivity contribution in [3.8, 4) is 6.07 Å². The lowest BCUT2D eigenvalue weighted by atomic mass is 9.88. The molecule has 1 N–H and O–H groups in total. The van der Waals surface area contributed by atoms with Crippen molar-refractivity contribution >= 4 is 0 Å². The van der Waals surface area contributed by atoms with Gasteiger partial charge in [-0.3, -0.25) is 5.10 Å². The normalized spacial score (nSPS) is 21.5. The van der Waals surface area contributed by atoms with E-state index in [-0.39, 0.29) is 5.92 Å². The Kier molecular flexibility index (Phi) is 1.61. The summed E-state index contributed by atoms with van der Waals surface area (Å²) in [5, 5.41) is 15.9. The second-order valence-corrected chi connectivity index (χ2v) is 3.34. The average molecular weight is 161 g/mol. The van der Waals surface area contributed by atoms with Gasteiger partial charge in [-0.25, -0.2) is 0 Å². The molecule has 0 saturated heterocycles. The van der Waals surface area contributed by atoms with Gasteiger partial charge in [0, 0.05) is 12.1 Å². The molecule has 1 unspecified atom stereocenters. The van der Waals surface area contributed by atoms with E-state index >= 15 is 0 Å². The maximum Gasteiger partial charge on any atom is 0.0669 e. The molecule has 62 valence electrons. The van der Waals surface area contributed by atoms with Gasteiger partial charge in [0.15, 0.2) is 0 Å². The molecule has 1 heterocycles. The van der Waals surface area contributed by atoms with Crippen LogP contribution in [0.3, 0.4) is 0 Å². The molecule has 0 bridgehead atoms. The third-order valence-corrected chi connectivity index (χ3v) is 2.52. The Morgan fingerprint density at radius 1 is 1.67 bits per heavy atom. The predicted octanol–water partition coefficient (Wildman–Crippen LogP) is 1.35. The van der Waals surface area contributed by atoms with Gasteiger partial charge in [-0.2, -0.15) is 10.4 Å². The quantitative estimate of drug-likeness (QED) is 0.624. The van der Waals surface area contributed by atoms with E-state index in [0.717, 1.165) is 25.0 Å². The molecule has 1 aliphatic rings. The average Bonchev–Trinajstić information content (AvgIpc) is 2.47. The fraction of sp³-hybridized carbons (Fsp3) is 0.556. The first-order chi connectivity index (χ1) is 5.81. The highest BCUT2D eigenvalue weighted by molar-refractivity contribution is 5.28. The van der Waals surface area contributed by atoms with Crippen LogP contribution >= 0.6 is 0 Å². The van der Waals surface area contributed by atoms with E-state index in [4.69, 9.17) is 5.26 Å². The van der Waals surface area contributed by atoms with Crippen molar-refractivity contribution in [2.24, 2.45) is 5.92 Å². The molecule has 1 aromatic heterocycles. The van der Waals surface area contributed by atoms with Crippen LogP contribution in [-0.2, 0) is 12.8 Å². The Labute approximate surface area is 71.4 Å². The van der Waals surface area contributed by atoms with Crippen LogP contribution < -0.4 is 0 Å². The van der Waals surface area contributed by atoms with Crippen LogP contribution in [0.15, 0.2) is 0 Å². The smallest absolute Gasteiger partial charge is 0.0669 e. The molecule has 1 aliphatic carbocycles. The molecule has 1 aromatic rings. The molecule has 1 atom stereocenters. The Hall–Kier alpha value is -1.30. The SMILES string of the molecule is Cc1[nH]nc2c1CCC(C#N)C2. The second-order valence-electron chi connectivity index (χ2n) is 3.34. The first-order valence-electron chi connectivity index (χ1n) is 4.23. The molecule has 0 saturated carbocycles. The number of rotatable bonds is 0. The fourth-order valence-electron chi connectivity index (χ4n) is 1.77. The van der Waals surface area contributed by atoms with Crippen LogP contribution in [0.1, 0.15) is 23.4 Å². The lowest BCUT2D eigenvalue weighted by Crippen LogP contribution is -2.12. The number of aryl methyl sites for hydroxylation is 1. The monoisotopic (exact) mass is 161 g/mol. The summed E-state index contributed by atoms with van der Waals surface area (Å²) in [4.78, 5) is 0. The molecule has 0 aliphatic heterocycles. The van der Waals surface area contributed by atoms with Gasteiger partial charge < -0.3 is 0 Å². The van der Waals surface area contributed by atoms with E-state index in [1.807, 2.05) is 6.92 Å². The number of fused-ring (bicyclic) bond motifs is 1. The summed E-state index contributed by atoms with van der Waals surface area (Å²) < 4.78 is 0. The van der Waals surface area contributed by atoms with Gasteiger partial charge in [0.2, 0.25) is 0 Å². The van der Waals surface area contributed by atoms with E-state index in [0.29, 0.717) is 0 Å². The number of aromatic amines is 1. The van der Waals surface area contributed by atoms with Crippen LogP contribution in [0.2, 0.25) is 0 Å². The van der Waals surface area contributed by atoms with Gasteiger partial charge in [-0.15, -0.1) is 0 Å². The van der Waals surface area contributed by atoms with Crippen molar-refractivity contribution < 1.29 is 0 Å². The van der Waals surface area contributed by atoms with Gasteiger partial charge in [-0.1, -0.05) is 0 Å². The molecule has 0 spiro atoms. The maximum atomic E-state index is 8.74. The molecule has 2 rings (SSSR count). The molecule has 3 heteroatoms. The first-order valence-corrected chi connectivity index (χ1v) is 4.23. The highest BCUT2D eigenvalue weighted by atomic mass is 15.1. The number of hydrogen-bond donors (Lipinski definition) is 1. The predicted molar refractivity (Wildman–Crippen MR) is 44.5 cm³/mol. The van der Waals surface area contributed by atoms with E-state index in [2.05, 4.69) is 16.3 Å². The zero-order valence-corrected chi connectivity index (χ0v) is 7.09. The summed E-state index contributed by atoms with van der Waals surface area (Å²) in [5.41, 5.74) is 3.60. The number of nitrogens with one attached hydrogen (secondary N) is 1. The first kappa shape index (κ1) is 7.35. The lowest BCUT2D eigenvalue weighted by Gasteiger charge is -2.14. The third kappa shape index (κ3) is 1.00. The largest absolute Gasteiger partial charge is 0.282 e. The van der Waals surface area contributed by atoms with Gasteiger partial charge in [0.25, 0.3) is 0 Å². The van der Waals surface area contributed by atoms with Crippen molar-refractivity contribution in [2.75, 3.05) is 0 Å². The Bertz CT molecular complexity index is 332. The molecule has 12 heavy (non-hydrogen) atoms. The van der Waals surface area contributed by atoms with Crippen molar-refractivity contribution in [1.82, 2.24) is 10.2 Å². The van der Waals surface area contributed by atoms with Gasteiger partial charge in [0.05, 0.1) is 17.7 Å². The molecule has 0 fully saturated rings. The highest BCUT2D eigenvalue weighted by Gasteiger charge is 2.21. The van der Waals surface area contributed by atoms with Crippen molar-refractivity contribution in [1.29, 1.82) is 5.26 Å². The van der Waals surface area contributed by atoms with Crippen molar-refractivity contribution in [2.45, 2.75) is 26.2 Å². The van der Waals surface area contributed by atoms with Gasteiger partial charge in [0.1, 0.15) is 0 Å². The maximum absolute atomic E-state index is 8.74. The standard InChI is InChI=1S/C9H11N3/c1-6-8-3-2-7(5-10)4-9(8)12-11-6/h7H,2-4H2,1H3,(H,11,12). The summed E-state index contributed by atoms with van der Waals surface area (Å²) in [6.45, 7) is 2.04. The minimum atomic E-state index is 0.181. The van der Waals surface area contributed by atoms with E-state index < -0.39 is 0 Å². The molecule has 3 nitrogen and oxygen atoms in total. The van der Waals surface area contributed by atoms with Crippen LogP contribution in [0, 0.1) is 24.2 Å². The third-order valence-electron chi connectivity index (χ3n) is 2.52. The second kappa shape index (κ2) is 2.63. The number of H-pyrrole nitrogens is 1. The van der Waals surface area contributed by atoms with Crippen molar-refractivity contribution in [3.63, 3.8) is 0 Å². The summed E-state index contributed by atoms with van der Waals surface area (Å²) in [7, 11) is 0. The number of nitrogens with zero attached hydrogens (tertiary/aromatic N) is 2. The lowest BCUT2D eigenvalue weighted by molar-refractivity contribution is 0.556. The Balaban J connectivity index is 2.31. The fourth-order valence-corrected chi connectivity index (χ4v) is 1.77. The number of hydrogen-bond acceptors (Lipinski definition) is 2. The minimum Gasteiger partial charge on any atom is -0.282 e. The molecule has 0 aromatic carbocycles.